The molecule has 0 atom stereocenters. The van der Waals surface area contributed by atoms with E-state index in [0.717, 1.165) is 0 Å². The second kappa shape index (κ2) is 2.78. The Labute approximate surface area is 76.3 Å². The minimum atomic E-state index is -0.0262. The summed E-state index contributed by atoms with van der Waals surface area (Å²) in [5.74, 6) is 0. The van der Waals surface area contributed by atoms with E-state index in [1.807, 2.05) is 0 Å². The van der Waals surface area contributed by atoms with E-state index in [9.17, 15) is 0 Å². The highest BCUT2D eigenvalue weighted by molar-refractivity contribution is 6.76. The summed E-state index contributed by atoms with van der Waals surface area (Å²) in [7, 11) is -0.0524. The van der Waals surface area contributed by atoms with Gasteiger partial charge in [0.25, 0.3) is 0 Å². The number of rotatable bonds is 0. The first-order valence-electron chi connectivity index (χ1n) is 4.52. The molecule has 0 saturated carbocycles. The molecule has 1 aliphatic rings. The maximum atomic E-state index is 5.65. The van der Waals surface area contributed by atoms with Crippen molar-refractivity contribution in [3.8, 4) is 0 Å². The van der Waals surface area contributed by atoms with Gasteiger partial charge in [-0.2, -0.15) is 0 Å². The second-order valence-electron chi connectivity index (χ2n) is 5.67. The van der Waals surface area contributed by atoms with Gasteiger partial charge in [0.05, 0.1) is 0 Å². The summed E-state index contributed by atoms with van der Waals surface area (Å²) in [5.41, 5.74) is 0. The standard InChI is InChI=1S/C8H18B2O2/c1-7(2,3)9-11-10(12-9)8(4,5)6/h1-6H3. The van der Waals surface area contributed by atoms with Crippen LogP contribution in [0.15, 0.2) is 0 Å². The van der Waals surface area contributed by atoms with Crippen LogP contribution in [0.25, 0.3) is 0 Å². The van der Waals surface area contributed by atoms with Crippen LogP contribution in [0.4, 0.5) is 0 Å². The monoisotopic (exact) mass is 168 g/mol. The second-order valence-corrected chi connectivity index (χ2v) is 5.67. The van der Waals surface area contributed by atoms with Crippen LogP contribution in [0.5, 0.6) is 0 Å². The maximum Gasteiger partial charge on any atom is 0.435 e. The third kappa shape index (κ3) is 2.05. The third-order valence-corrected chi connectivity index (χ3v) is 1.91. The SMILES string of the molecule is CC(C)(C)B1OB(C(C)(C)C)O1. The maximum absolute atomic E-state index is 5.65. The van der Waals surface area contributed by atoms with Crippen LogP contribution in [0.1, 0.15) is 41.5 Å². The lowest BCUT2D eigenvalue weighted by atomic mass is 9.47. The lowest BCUT2D eigenvalue weighted by molar-refractivity contribution is 0.227. The molecular formula is C8H18B2O2. The first-order valence-corrected chi connectivity index (χ1v) is 4.52. The number of hydrogen-bond donors (Lipinski definition) is 0. The van der Waals surface area contributed by atoms with Crippen LogP contribution in [-0.2, 0) is 9.14 Å². The average Bonchev–Trinajstić information content (AvgIpc) is 1.46. The van der Waals surface area contributed by atoms with E-state index in [-0.39, 0.29) is 24.9 Å². The van der Waals surface area contributed by atoms with E-state index in [1.165, 1.54) is 0 Å². The molecule has 0 aromatic heterocycles. The Hall–Kier alpha value is 0.0499. The van der Waals surface area contributed by atoms with Gasteiger partial charge in [0.2, 0.25) is 0 Å². The summed E-state index contributed by atoms with van der Waals surface area (Å²) in [6, 6.07) is 0. The molecule has 68 valence electrons. The molecule has 0 radical (unpaired) electrons. The summed E-state index contributed by atoms with van der Waals surface area (Å²) in [6.07, 6.45) is 0. The summed E-state index contributed by atoms with van der Waals surface area (Å²) < 4.78 is 11.3. The minimum Gasteiger partial charge on any atom is -0.452 e. The first-order chi connectivity index (χ1) is 5.21. The Morgan fingerprint density at radius 2 is 0.917 bits per heavy atom. The minimum absolute atomic E-state index is 0.0262. The lowest BCUT2D eigenvalue weighted by Crippen LogP contribution is -2.57. The van der Waals surface area contributed by atoms with Gasteiger partial charge in [-0.15, -0.1) is 0 Å². The zero-order chi connectivity index (χ0) is 9.57. The third-order valence-electron chi connectivity index (χ3n) is 1.91. The van der Waals surface area contributed by atoms with Crippen molar-refractivity contribution < 1.29 is 9.14 Å². The molecule has 1 fully saturated rings. The van der Waals surface area contributed by atoms with E-state index in [4.69, 9.17) is 9.14 Å². The zero-order valence-electron chi connectivity index (χ0n) is 8.97. The van der Waals surface area contributed by atoms with Gasteiger partial charge < -0.3 is 9.14 Å². The average molecular weight is 168 g/mol. The number of hydrogen-bond acceptors (Lipinski definition) is 2. The summed E-state index contributed by atoms with van der Waals surface area (Å²) >= 11 is 0. The van der Waals surface area contributed by atoms with Crippen molar-refractivity contribution in [1.29, 1.82) is 0 Å². The van der Waals surface area contributed by atoms with Gasteiger partial charge >= 0.3 is 14.2 Å². The molecular weight excluding hydrogens is 150 g/mol. The van der Waals surface area contributed by atoms with Crippen LogP contribution < -0.4 is 0 Å². The highest BCUT2D eigenvalue weighted by atomic mass is 16.7. The van der Waals surface area contributed by atoms with Crippen molar-refractivity contribution in [1.82, 2.24) is 0 Å². The van der Waals surface area contributed by atoms with Gasteiger partial charge in [-0.3, -0.25) is 0 Å². The van der Waals surface area contributed by atoms with Crippen molar-refractivity contribution in [3.05, 3.63) is 0 Å². The van der Waals surface area contributed by atoms with E-state index in [0.29, 0.717) is 0 Å². The summed E-state index contributed by atoms with van der Waals surface area (Å²) in [4.78, 5) is 0. The van der Waals surface area contributed by atoms with Crippen molar-refractivity contribution in [2.75, 3.05) is 0 Å². The largest absolute Gasteiger partial charge is 0.452 e. The molecule has 1 aliphatic heterocycles. The van der Waals surface area contributed by atoms with E-state index >= 15 is 0 Å². The molecule has 1 heterocycles. The fourth-order valence-electron chi connectivity index (χ4n) is 1.05. The molecule has 0 aromatic carbocycles. The van der Waals surface area contributed by atoms with Crippen molar-refractivity contribution >= 4 is 14.2 Å². The Balaban J connectivity index is 2.39. The fraction of sp³-hybridized carbons (Fsp3) is 1.00. The topological polar surface area (TPSA) is 18.5 Å². The summed E-state index contributed by atoms with van der Waals surface area (Å²) in [5, 5.41) is 0.198. The van der Waals surface area contributed by atoms with Crippen molar-refractivity contribution in [2.24, 2.45) is 0 Å². The molecule has 0 unspecified atom stereocenters. The van der Waals surface area contributed by atoms with Gasteiger partial charge in [-0.05, 0) is 10.6 Å². The van der Waals surface area contributed by atoms with Crippen LogP contribution in [-0.4, -0.2) is 14.2 Å². The molecule has 2 nitrogen and oxygen atoms in total. The molecule has 4 heteroatoms. The van der Waals surface area contributed by atoms with Crippen molar-refractivity contribution in [2.45, 2.75) is 52.2 Å². The van der Waals surface area contributed by atoms with Gasteiger partial charge in [-0.1, -0.05) is 41.5 Å². The molecule has 0 amide bonds. The summed E-state index contributed by atoms with van der Waals surface area (Å²) in [6.45, 7) is 12.7. The lowest BCUT2D eigenvalue weighted by Gasteiger charge is -2.44. The van der Waals surface area contributed by atoms with Crippen LogP contribution in [0.2, 0.25) is 10.6 Å². The van der Waals surface area contributed by atoms with Crippen LogP contribution >= 0.6 is 0 Å². The van der Waals surface area contributed by atoms with Crippen LogP contribution in [0, 0.1) is 0 Å². The first kappa shape index (κ1) is 10.1. The normalized spacial score (nSPS) is 19.5. The zero-order valence-corrected chi connectivity index (χ0v) is 8.97. The van der Waals surface area contributed by atoms with Gasteiger partial charge in [0.1, 0.15) is 0 Å². The molecule has 1 rings (SSSR count). The van der Waals surface area contributed by atoms with E-state index < -0.39 is 0 Å². The predicted molar refractivity (Wildman–Crippen MR) is 53.1 cm³/mol. The Morgan fingerprint density at radius 3 is 1.08 bits per heavy atom. The van der Waals surface area contributed by atoms with Crippen LogP contribution in [0.3, 0.4) is 0 Å². The fourth-order valence-corrected chi connectivity index (χ4v) is 1.05. The molecule has 0 bridgehead atoms. The molecule has 0 spiro atoms. The molecule has 12 heavy (non-hydrogen) atoms. The van der Waals surface area contributed by atoms with Gasteiger partial charge in [0.15, 0.2) is 0 Å². The molecule has 0 N–H and O–H groups in total. The van der Waals surface area contributed by atoms with Crippen molar-refractivity contribution in [3.63, 3.8) is 0 Å². The van der Waals surface area contributed by atoms with Gasteiger partial charge in [0, 0.05) is 0 Å². The Morgan fingerprint density at radius 1 is 0.667 bits per heavy atom. The molecule has 0 aromatic rings. The highest BCUT2D eigenvalue weighted by Gasteiger charge is 2.52. The van der Waals surface area contributed by atoms with E-state index in [1.54, 1.807) is 0 Å². The molecule has 1 saturated heterocycles. The van der Waals surface area contributed by atoms with Gasteiger partial charge in [-0.25, -0.2) is 0 Å². The quantitative estimate of drug-likeness (QED) is 0.517. The Bertz CT molecular complexity index is 145. The predicted octanol–water partition coefficient (Wildman–Crippen LogP) is 2.61. The molecule has 0 aliphatic carbocycles. The smallest absolute Gasteiger partial charge is 0.435 e. The highest BCUT2D eigenvalue weighted by Crippen LogP contribution is 2.41. The van der Waals surface area contributed by atoms with E-state index in [2.05, 4.69) is 41.5 Å². The Kier molecular flexibility index (Phi) is 2.34.